The molecule has 0 spiro atoms. The number of carbonyl (C=O) groups excluding carboxylic acids is 3. The summed E-state index contributed by atoms with van der Waals surface area (Å²) in [6.45, 7) is 1.38. The molecule has 1 heterocycles. The Labute approximate surface area is 132 Å². The van der Waals surface area contributed by atoms with E-state index in [2.05, 4.69) is 5.32 Å². The summed E-state index contributed by atoms with van der Waals surface area (Å²) in [5.74, 6) is -0.704. The first-order chi connectivity index (χ1) is 11.0. The van der Waals surface area contributed by atoms with Crippen molar-refractivity contribution in [3.05, 3.63) is 53.6 Å². The first-order valence-corrected chi connectivity index (χ1v) is 6.96. The zero-order valence-electron chi connectivity index (χ0n) is 12.6. The predicted molar refractivity (Wildman–Crippen MR) is 84.9 cm³/mol. The maximum absolute atomic E-state index is 12.6. The zero-order chi connectivity index (χ0) is 16.6. The van der Waals surface area contributed by atoms with E-state index < -0.39 is 11.8 Å². The molecule has 116 valence electrons. The van der Waals surface area contributed by atoms with Crippen molar-refractivity contribution < 1.29 is 19.1 Å². The smallest absolute Gasteiger partial charge is 0.266 e. The molecule has 0 aliphatic carbocycles. The van der Waals surface area contributed by atoms with Gasteiger partial charge in [0, 0.05) is 12.6 Å². The van der Waals surface area contributed by atoms with Gasteiger partial charge in [-0.3, -0.25) is 14.4 Å². The van der Waals surface area contributed by atoms with Gasteiger partial charge in [0.15, 0.2) is 0 Å². The molecule has 2 aromatic rings. The van der Waals surface area contributed by atoms with Crippen LogP contribution in [0.4, 0.5) is 11.4 Å². The third kappa shape index (κ3) is 2.44. The van der Waals surface area contributed by atoms with E-state index in [0.29, 0.717) is 28.3 Å². The average molecular weight is 310 g/mol. The maximum Gasteiger partial charge on any atom is 0.266 e. The summed E-state index contributed by atoms with van der Waals surface area (Å²) >= 11 is 0. The fourth-order valence-corrected chi connectivity index (χ4v) is 2.55. The van der Waals surface area contributed by atoms with Crippen LogP contribution in [-0.4, -0.2) is 24.8 Å². The van der Waals surface area contributed by atoms with Gasteiger partial charge in [-0.15, -0.1) is 0 Å². The minimum absolute atomic E-state index is 0.247. The van der Waals surface area contributed by atoms with Gasteiger partial charge in [0.1, 0.15) is 5.75 Å². The number of methoxy groups -OCH3 is 1. The largest absolute Gasteiger partial charge is 0.495 e. The molecule has 0 fully saturated rings. The molecule has 0 unspecified atom stereocenters. The van der Waals surface area contributed by atoms with Gasteiger partial charge in [-0.2, -0.15) is 0 Å². The van der Waals surface area contributed by atoms with Crippen molar-refractivity contribution in [1.82, 2.24) is 0 Å². The normalized spacial score (nSPS) is 13.0. The lowest BCUT2D eigenvalue weighted by molar-refractivity contribution is -0.114. The van der Waals surface area contributed by atoms with Gasteiger partial charge in [0.05, 0.1) is 23.9 Å². The van der Waals surface area contributed by atoms with E-state index in [9.17, 15) is 14.4 Å². The fraction of sp³-hybridized carbons (Fsp3) is 0.118. The van der Waals surface area contributed by atoms with Crippen LogP contribution in [0, 0.1) is 0 Å². The van der Waals surface area contributed by atoms with E-state index in [4.69, 9.17) is 4.74 Å². The summed E-state index contributed by atoms with van der Waals surface area (Å²) in [5, 5.41) is 2.63. The van der Waals surface area contributed by atoms with E-state index in [1.807, 2.05) is 0 Å². The van der Waals surface area contributed by atoms with Gasteiger partial charge in [-0.25, -0.2) is 4.90 Å². The Balaban J connectivity index is 2.10. The molecule has 0 saturated heterocycles. The number of imide groups is 1. The number of hydrogen-bond acceptors (Lipinski definition) is 4. The van der Waals surface area contributed by atoms with Crippen LogP contribution < -0.4 is 15.0 Å². The number of nitrogens with zero attached hydrogens (tertiary/aromatic N) is 1. The van der Waals surface area contributed by atoms with E-state index >= 15 is 0 Å². The first kappa shape index (κ1) is 14.8. The second-order valence-corrected chi connectivity index (χ2v) is 5.06. The molecule has 3 rings (SSSR count). The number of hydrogen-bond donors (Lipinski definition) is 1. The molecule has 1 aliphatic heterocycles. The lowest BCUT2D eigenvalue weighted by Gasteiger charge is -2.18. The molecule has 1 aliphatic rings. The Morgan fingerprint density at radius 1 is 1.04 bits per heavy atom. The van der Waals surface area contributed by atoms with Crippen molar-refractivity contribution in [2.24, 2.45) is 0 Å². The molecule has 0 bridgehead atoms. The van der Waals surface area contributed by atoms with Crippen molar-refractivity contribution >= 4 is 29.1 Å². The Morgan fingerprint density at radius 2 is 1.65 bits per heavy atom. The summed E-state index contributed by atoms with van der Waals surface area (Å²) in [4.78, 5) is 37.4. The van der Waals surface area contributed by atoms with E-state index in [1.54, 1.807) is 42.5 Å². The lowest BCUT2D eigenvalue weighted by Crippen LogP contribution is -2.29. The molecular formula is C17H14N2O4. The first-order valence-electron chi connectivity index (χ1n) is 6.96. The minimum atomic E-state index is -0.413. The maximum atomic E-state index is 12.6. The summed E-state index contributed by atoms with van der Waals surface area (Å²) < 4.78 is 5.25. The highest BCUT2D eigenvalue weighted by atomic mass is 16.5. The van der Waals surface area contributed by atoms with Crippen LogP contribution in [0.25, 0.3) is 0 Å². The van der Waals surface area contributed by atoms with Crippen LogP contribution in [0.5, 0.6) is 5.75 Å². The van der Waals surface area contributed by atoms with Gasteiger partial charge in [-0.05, 0) is 30.3 Å². The van der Waals surface area contributed by atoms with Crippen LogP contribution in [0.1, 0.15) is 27.6 Å². The SMILES string of the molecule is COc1ccc(NC(C)=O)cc1N1C(=O)c2ccccc2C1=O. The third-order valence-electron chi connectivity index (χ3n) is 3.53. The molecule has 2 aromatic carbocycles. The summed E-state index contributed by atoms with van der Waals surface area (Å²) in [6, 6.07) is 11.4. The number of benzene rings is 2. The van der Waals surface area contributed by atoms with Crippen LogP contribution in [0.3, 0.4) is 0 Å². The standard InChI is InChI=1S/C17H14N2O4/c1-10(20)18-11-7-8-15(23-2)14(9-11)19-16(21)12-5-3-4-6-13(12)17(19)22/h3-9H,1-2H3,(H,18,20). The summed E-state index contributed by atoms with van der Waals surface area (Å²) in [6.07, 6.45) is 0. The van der Waals surface area contributed by atoms with E-state index in [1.165, 1.54) is 14.0 Å². The molecular weight excluding hydrogens is 296 g/mol. The molecule has 3 amide bonds. The third-order valence-corrected chi connectivity index (χ3v) is 3.53. The summed E-state index contributed by atoms with van der Waals surface area (Å²) in [7, 11) is 1.45. The summed E-state index contributed by atoms with van der Waals surface area (Å²) in [5.41, 5.74) is 1.48. The van der Waals surface area contributed by atoms with Crippen molar-refractivity contribution in [3.8, 4) is 5.75 Å². The van der Waals surface area contributed by atoms with Gasteiger partial charge in [-0.1, -0.05) is 12.1 Å². The number of carbonyl (C=O) groups is 3. The average Bonchev–Trinajstić information content (AvgIpc) is 2.79. The minimum Gasteiger partial charge on any atom is -0.495 e. The second kappa shape index (κ2) is 5.57. The van der Waals surface area contributed by atoms with E-state index in [0.717, 1.165) is 4.90 Å². The van der Waals surface area contributed by atoms with E-state index in [-0.39, 0.29) is 5.91 Å². The van der Waals surface area contributed by atoms with Crippen molar-refractivity contribution in [2.45, 2.75) is 6.92 Å². The van der Waals surface area contributed by atoms with Crippen molar-refractivity contribution in [2.75, 3.05) is 17.3 Å². The lowest BCUT2D eigenvalue weighted by atomic mass is 10.1. The highest BCUT2D eigenvalue weighted by Crippen LogP contribution is 2.36. The fourth-order valence-electron chi connectivity index (χ4n) is 2.55. The van der Waals surface area contributed by atoms with Crippen LogP contribution in [0.2, 0.25) is 0 Å². The second-order valence-electron chi connectivity index (χ2n) is 5.06. The van der Waals surface area contributed by atoms with Gasteiger partial charge < -0.3 is 10.1 Å². The number of nitrogens with one attached hydrogen (secondary N) is 1. The Kier molecular flexibility index (Phi) is 3.57. The van der Waals surface area contributed by atoms with Gasteiger partial charge in [0.25, 0.3) is 11.8 Å². The van der Waals surface area contributed by atoms with Gasteiger partial charge >= 0.3 is 0 Å². The number of anilines is 2. The molecule has 0 atom stereocenters. The number of amides is 3. The Morgan fingerprint density at radius 3 is 2.17 bits per heavy atom. The van der Waals surface area contributed by atoms with Gasteiger partial charge in [0.2, 0.25) is 5.91 Å². The Hall–Kier alpha value is -3.15. The molecule has 0 saturated carbocycles. The highest BCUT2D eigenvalue weighted by Gasteiger charge is 2.37. The topological polar surface area (TPSA) is 75.7 Å². The molecule has 23 heavy (non-hydrogen) atoms. The van der Waals surface area contributed by atoms with Crippen molar-refractivity contribution in [1.29, 1.82) is 0 Å². The van der Waals surface area contributed by atoms with Crippen LogP contribution in [0.15, 0.2) is 42.5 Å². The number of fused-ring (bicyclic) bond motifs is 1. The zero-order valence-corrected chi connectivity index (χ0v) is 12.6. The Bertz CT molecular complexity index is 794. The molecule has 6 heteroatoms. The van der Waals surface area contributed by atoms with Crippen molar-refractivity contribution in [3.63, 3.8) is 0 Å². The molecule has 1 N–H and O–H groups in total. The highest BCUT2D eigenvalue weighted by molar-refractivity contribution is 6.35. The van der Waals surface area contributed by atoms with Crippen LogP contribution in [-0.2, 0) is 4.79 Å². The molecule has 0 aromatic heterocycles. The van der Waals surface area contributed by atoms with Crippen LogP contribution >= 0.6 is 0 Å². The molecule has 0 radical (unpaired) electrons. The monoisotopic (exact) mass is 310 g/mol. The molecule has 6 nitrogen and oxygen atoms in total. The number of ether oxygens (including phenoxy) is 1. The number of rotatable bonds is 3. The predicted octanol–water partition coefficient (Wildman–Crippen LogP) is 2.45. The quantitative estimate of drug-likeness (QED) is 0.884.